The third-order valence-corrected chi connectivity index (χ3v) is 4.85. The molecule has 5 heteroatoms. The maximum absolute atomic E-state index is 8.92. The van der Waals surface area contributed by atoms with Crippen LogP contribution >= 0.6 is 0 Å². The molecule has 4 rings (SSSR count). The van der Waals surface area contributed by atoms with Gasteiger partial charge in [0.05, 0.1) is 29.5 Å². The largest absolute Gasteiger partial charge is 0.373 e. The number of aryl methyl sites for hydroxylation is 1. The Bertz CT molecular complexity index is 743. The van der Waals surface area contributed by atoms with Gasteiger partial charge in [0.1, 0.15) is 0 Å². The molecule has 0 amide bonds. The maximum Gasteiger partial charge on any atom is 0.0991 e. The van der Waals surface area contributed by atoms with Crippen molar-refractivity contribution in [3.8, 4) is 17.3 Å². The second-order valence-corrected chi connectivity index (χ2v) is 6.46. The predicted octanol–water partition coefficient (Wildman–Crippen LogP) is 2.37. The summed E-state index contributed by atoms with van der Waals surface area (Å²) in [5.74, 6) is 0. The van der Waals surface area contributed by atoms with Gasteiger partial charge in [0.25, 0.3) is 0 Å². The molecule has 2 aliphatic heterocycles. The lowest BCUT2D eigenvalue weighted by Gasteiger charge is -2.20. The number of hydrogen-bond donors (Lipinski definition) is 1. The van der Waals surface area contributed by atoms with Gasteiger partial charge < -0.3 is 10.1 Å². The van der Waals surface area contributed by atoms with E-state index in [-0.39, 0.29) is 0 Å². The molecule has 2 fully saturated rings. The number of nitrogens with one attached hydrogen (secondary N) is 1. The molecule has 0 aliphatic carbocycles. The van der Waals surface area contributed by atoms with E-state index in [0.29, 0.717) is 23.8 Å². The molecule has 5 nitrogen and oxygen atoms in total. The van der Waals surface area contributed by atoms with Gasteiger partial charge in [0, 0.05) is 37.0 Å². The van der Waals surface area contributed by atoms with Crippen molar-refractivity contribution in [2.24, 2.45) is 7.05 Å². The highest BCUT2D eigenvalue weighted by Crippen LogP contribution is 2.34. The molecule has 0 spiro atoms. The van der Waals surface area contributed by atoms with Gasteiger partial charge in [-0.05, 0) is 31.4 Å². The van der Waals surface area contributed by atoms with Crippen molar-refractivity contribution in [1.29, 1.82) is 5.26 Å². The van der Waals surface area contributed by atoms with Crippen molar-refractivity contribution >= 4 is 0 Å². The zero-order valence-corrected chi connectivity index (χ0v) is 13.2. The minimum absolute atomic E-state index is 0.384. The second kappa shape index (κ2) is 5.80. The van der Waals surface area contributed by atoms with Gasteiger partial charge >= 0.3 is 0 Å². The van der Waals surface area contributed by atoms with Crippen LogP contribution in [0.5, 0.6) is 0 Å². The van der Waals surface area contributed by atoms with E-state index in [4.69, 9.17) is 10.00 Å². The molecule has 1 N–H and O–H groups in total. The fourth-order valence-electron chi connectivity index (χ4n) is 3.71. The predicted molar refractivity (Wildman–Crippen MR) is 86.5 cm³/mol. The van der Waals surface area contributed by atoms with Gasteiger partial charge in [-0.1, -0.05) is 12.1 Å². The smallest absolute Gasteiger partial charge is 0.0991 e. The Morgan fingerprint density at radius 3 is 2.83 bits per heavy atom. The number of rotatable bonds is 4. The van der Waals surface area contributed by atoms with Crippen molar-refractivity contribution in [2.75, 3.05) is 0 Å². The number of aromatic nitrogens is 2. The van der Waals surface area contributed by atoms with Crippen LogP contribution in [0.25, 0.3) is 11.3 Å². The van der Waals surface area contributed by atoms with E-state index in [1.807, 2.05) is 36.0 Å². The molecule has 2 bridgehead atoms. The molecule has 1 aromatic heterocycles. The Balaban J connectivity index is 1.51. The molecule has 118 valence electrons. The fraction of sp³-hybridized carbons (Fsp3) is 0.444. The molecule has 3 atom stereocenters. The first-order valence-corrected chi connectivity index (χ1v) is 8.15. The molecule has 23 heavy (non-hydrogen) atoms. The van der Waals surface area contributed by atoms with Gasteiger partial charge in [-0.3, -0.25) is 4.68 Å². The monoisotopic (exact) mass is 308 g/mol. The quantitative estimate of drug-likeness (QED) is 0.942. The average molecular weight is 308 g/mol. The Morgan fingerprint density at radius 1 is 1.35 bits per heavy atom. The van der Waals surface area contributed by atoms with Crippen LogP contribution in [0.2, 0.25) is 0 Å². The molecule has 0 unspecified atom stereocenters. The Labute approximate surface area is 135 Å². The van der Waals surface area contributed by atoms with E-state index >= 15 is 0 Å². The average Bonchev–Trinajstić information content (AvgIpc) is 3.28. The van der Waals surface area contributed by atoms with E-state index in [9.17, 15) is 0 Å². The summed E-state index contributed by atoms with van der Waals surface area (Å²) in [5.41, 5.74) is 3.88. The summed E-state index contributed by atoms with van der Waals surface area (Å²) in [6.45, 7) is 0.792. The summed E-state index contributed by atoms with van der Waals surface area (Å²) < 4.78 is 7.75. The molecular weight excluding hydrogens is 288 g/mol. The van der Waals surface area contributed by atoms with Crippen molar-refractivity contribution in [3.05, 3.63) is 41.6 Å². The Morgan fingerprint density at radius 2 is 2.17 bits per heavy atom. The van der Waals surface area contributed by atoms with Crippen LogP contribution < -0.4 is 5.32 Å². The van der Waals surface area contributed by atoms with Gasteiger partial charge in [-0.25, -0.2) is 0 Å². The molecule has 3 heterocycles. The standard InChI is InChI=1S/C18H20N4O/c1-22-11-14(10-20-16-8-15-6-7-17(16)23-15)18(21-22)13-4-2-12(9-19)3-5-13/h2-5,11,15-17,20H,6-8,10H2,1H3/t15-,16-,17-/m1/s1. The number of nitriles is 1. The minimum atomic E-state index is 0.384. The topological polar surface area (TPSA) is 62.9 Å². The van der Waals surface area contributed by atoms with Gasteiger partial charge in [0.2, 0.25) is 0 Å². The van der Waals surface area contributed by atoms with E-state index in [1.54, 1.807) is 0 Å². The van der Waals surface area contributed by atoms with Gasteiger partial charge in [0.15, 0.2) is 0 Å². The number of benzene rings is 1. The lowest BCUT2D eigenvalue weighted by atomic mass is 9.95. The number of fused-ring (bicyclic) bond motifs is 2. The van der Waals surface area contributed by atoms with E-state index < -0.39 is 0 Å². The number of ether oxygens (including phenoxy) is 1. The Hall–Kier alpha value is -2.16. The molecule has 2 saturated heterocycles. The summed E-state index contributed by atoms with van der Waals surface area (Å²) in [7, 11) is 1.94. The van der Waals surface area contributed by atoms with Gasteiger partial charge in [-0.2, -0.15) is 10.4 Å². The molecule has 2 aromatic rings. The first kappa shape index (κ1) is 14.4. The summed E-state index contributed by atoms with van der Waals surface area (Å²) in [4.78, 5) is 0. The fourth-order valence-corrected chi connectivity index (χ4v) is 3.71. The normalized spacial score (nSPS) is 25.7. The third kappa shape index (κ3) is 2.76. The first-order chi connectivity index (χ1) is 11.2. The summed E-state index contributed by atoms with van der Waals surface area (Å²) >= 11 is 0. The highest BCUT2D eigenvalue weighted by molar-refractivity contribution is 5.63. The molecule has 1 aromatic carbocycles. The van der Waals surface area contributed by atoms with Crippen molar-refractivity contribution in [1.82, 2.24) is 15.1 Å². The highest BCUT2D eigenvalue weighted by atomic mass is 16.5. The lowest BCUT2D eigenvalue weighted by Crippen LogP contribution is -2.37. The molecular formula is C18H20N4O. The van der Waals surface area contributed by atoms with Crippen LogP contribution in [0.15, 0.2) is 30.5 Å². The van der Waals surface area contributed by atoms with E-state index in [0.717, 1.165) is 24.2 Å². The molecule has 2 aliphatic rings. The number of nitrogens with zero attached hydrogens (tertiary/aromatic N) is 3. The number of hydrogen-bond acceptors (Lipinski definition) is 4. The van der Waals surface area contributed by atoms with E-state index in [2.05, 4.69) is 22.7 Å². The lowest BCUT2D eigenvalue weighted by molar-refractivity contribution is 0.0973. The molecule has 0 radical (unpaired) electrons. The zero-order chi connectivity index (χ0) is 15.8. The van der Waals surface area contributed by atoms with Crippen molar-refractivity contribution in [3.63, 3.8) is 0 Å². The summed E-state index contributed by atoms with van der Waals surface area (Å²) in [6.07, 6.45) is 6.43. The van der Waals surface area contributed by atoms with E-state index in [1.165, 1.54) is 18.4 Å². The van der Waals surface area contributed by atoms with Crippen LogP contribution in [0.4, 0.5) is 0 Å². The van der Waals surface area contributed by atoms with Crippen LogP contribution in [-0.4, -0.2) is 28.0 Å². The van der Waals surface area contributed by atoms with Crippen LogP contribution in [0, 0.1) is 11.3 Å². The minimum Gasteiger partial charge on any atom is -0.373 e. The summed E-state index contributed by atoms with van der Waals surface area (Å²) in [5, 5.41) is 17.2. The Kier molecular flexibility index (Phi) is 3.64. The highest BCUT2D eigenvalue weighted by Gasteiger charge is 2.40. The van der Waals surface area contributed by atoms with Crippen LogP contribution in [0.3, 0.4) is 0 Å². The SMILES string of the molecule is Cn1cc(CN[C@@H]2C[C@H]3CC[C@H]2O3)c(-c2ccc(C#N)cc2)n1. The third-order valence-electron chi connectivity index (χ3n) is 4.85. The molecule has 0 saturated carbocycles. The first-order valence-electron chi connectivity index (χ1n) is 8.15. The van der Waals surface area contributed by atoms with Gasteiger partial charge in [-0.15, -0.1) is 0 Å². The van der Waals surface area contributed by atoms with Crippen molar-refractivity contribution in [2.45, 2.75) is 44.1 Å². The second-order valence-electron chi connectivity index (χ2n) is 6.46. The zero-order valence-electron chi connectivity index (χ0n) is 13.2. The maximum atomic E-state index is 8.92. The summed E-state index contributed by atoms with van der Waals surface area (Å²) in [6, 6.07) is 10.2. The van der Waals surface area contributed by atoms with Crippen LogP contribution in [-0.2, 0) is 18.3 Å². The van der Waals surface area contributed by atoms with Crippen molar-refractivity contribution < 1.29 is 4.74 Å². The van der Waals surface area contributed by atoms with Crippen LogP contribution in [0.1, 0.15) is 30.4 Å².